The molecule has 0 aliphatic carbocycles. The van der Waals surface area contributed by atoms with Gasteiger partial charge in [-0.2, -0.15) is 4.98 Å². The maximum Gasteiger partial charge on any atom is 0.226 e. The first-order chi connectivity index (χ1) is 12.5. The minimum atomic E-state index is -0.154. The monoisotopic (exact) mass is 394 g/mol. The minimum Gasteiger partial charge on any atom is -0.339 e. The van der Waals surface area contributed by atoms with E-state index in [1.54, 1.807) is 6.07 Å². The van der Waals surface area contributed by atoms with Crippen molar-refractivity contribution in [3.63, 3.8) is 0 Å². The number of benzene rings is 1. The molecule has 27 heavy (non-hydrogen) atoms. The lowest BCUT2D eigenvalue weighted by Gasteiger charge is -2.26. The number of rotatable bonds is 5. The number of halogens is 2. The lowest BCUT2D eigenvalue weighted by Crippen LogP contribution is -2.29. The molecule has 0 spiro atoms. The van der Waals surface area contributed by atoms with Gasteiger partial charge in [0.25, 0.3) is 0 Å². The van der Waals surface area contributed by atoms with E-state index in [1.165, 1.54) is 6.07 Å². The van der Waals surface area contributed by atoms with Gasteiger partial charge in [-0.1, -0.05) is 31.1 Å². The highest BCUT2D eigenvalue weighted by atomic mass is 35.5. The van der Waals surface area contributed by atoms with Gasteiger partial charge in [0.2, 0.25) is 5.89 Å². The summed E-state index contributed by atoms with van der Waals surface area (Å²) < 4.78 is 19.1. The quantitative estimate of drug-likeness (QED) is 0.775. The number of aromatic nitrogens is 2. The van der Waals surface area contributed by atoms with Crippen LogP contribution in [0.4, 0.5) is 4.39 Å². The van der Waals surface area contributed by atoms with E-state index in [4.69, 9.17) is 4.52 Å². The fraction of sp³-hybridized carbons (Fsp3) is 0.600. The Hall–Kier alpha value is -1.50. The first-order valence-corrected chi connectivity index (χ1v) is 9.49. The maximum atomic E-state index is 13.7. The van der Waals surface area contributed by atoms with Gasteiger partial charge in [-0.05, 0) is 42.5 Å². The first kappa shape index (κ1) is 20.2. The summed E-state index contributed by atoms with van der Waals surface area (Å²) in [4.78, 5) is 9.32. The fourth-order valence-corrected chi connectivity index (χ4v) is 4.66. The lowest BCUT2D eigenvalue weighted by atomic mass is 9.89. The molecule has 7 heteroatoms. The van der Waals surface area contributed by atoms with E-state index in [2.05, 4.69) is 40.8 Å². The molecule has 148 valence electrons. The van der Waals surface area contributed by atoms with Gasteiger partial charge in [-0.3, -0.25) is 9.80 Å². The summed E-state index contributed by atoms with van der Waals surface area (Å²) in [5.74, 6) is 2.98. The predicted octanol–water partition coefficient (Wildman–Crippen LogP) is 3.56. The van der Waals surface area contributed by atoms with E-state index in [0.29, 0.717) is 17.8 Å². The SMILES string of the molecule is CC(C)Cc1nc(CN2C[C@@H]3CN(C)[C@@H](c4cccc(F)c4)[C@@H]3C2)no1.Cl. The first-order valence-electron chi connectivity index (χ1n) is 9.49. The molecule has 0 N–H and O–H groups in total. The molecule has 1 aromatic carbocycles. The fourth-order valence-electron chi connectivity index (χ4n) is 4.66. The van der Waals surface area contributed by atoms with Crippen LogP contribution in [0.1, 0.15) is 37.2 Å². The summed E-state index contributed by atoms with van der Waals surface area (Å²) in [6.45, 7) is 8.10. The molecule has 4 rings (SSSR count). The van der Waals surface area contributed by atoms with Crippen LogP contribution < -0.4 is 0 Å². The maximum absolute atomic E-state index is 13.7. The van der Waals surface area contributed by atoms with Crippen molar-refractivity contribution in [2.24, 2.45) is 17.8 Å². The van der Waals surface area contributed by atoms with E-state index in [0.717, 1.165) is 49.9 Å². The van der Waals surface area contributed by atoms with Gasteiger partial charge in [-0.15, -0.1) is 12.4 Å². The Morgan fingerprint density at radius 2 is 2.07 bits per heavy atom. The standard InChI is InChI=1S/C20H27FN4O.ClH/c1-13(2)7-19-22-18(23-26-19)12-25-10-15-9-24(3)20(17(15)11-25)14-5-4-6-16(21)8-14;/h4-6,8,13,15,17,20H,7,9-12H2,1-3H3;1H/t15-,17+,20-;/m0./s1. The number of nitrogens with zero attached hydrogens (tertiary/aromatic N) is 4. The normalized spacial score (nSPS) is 25.7. The largest absolute Gasteiger partial charge is 0.339 e. The smallest absolute Gasteiger partial charge is 0.226 e. The molecular formula is C20H28ClFN4O. The molecule has 3 heterocycles. The molecule has 2 aromatic rings. The van der Waals surface area contributed by atoms with Crippen LogP contribution in [0, 0.1) is 23.6 Å². The third-order valence-electron chi connectivity index (χ3n) is 5.62. The topological polar surface area (TPSA) is 45.4 Å². The van der Waals surface area contributed by atoms with Crippen LogP contribution in [0.25, 0.3) is 0 Å². The molecule has 2 aliphatic rings. The van der Waals surface area contributed by atoms with Gasteiger partial charge in [-0.25, -0.2) is 4.39 Å². The van der Waals surface area contributed by atoms with E-state index < -0.39 is 0 Å². The van der Waals surface area contributed by atoms with Gasteiger partial charge in [0, 0.05) is 32.1 Å². The van der Waals surface area contributed by atoms with Gasteiger partial charge in [0.05, 0.1) is 6.54 Å². The summed E-state index contributed by atoms with van der Waals surface area (Å²) in [5, 5.41) is 4.14. The van der Waals surface area contributed by atoms with Crippen LogP contribution in [-0.4, -0.2) is 46.6 Å². The second kappa shape index (κ2) is 8.25. The Morgan fingerprint density at radius 1 is 1.26 bits per heavy atom. The van der Waals surface area contributed by atoms with E-state index in [9.17, 15) is 4.39 Å². The van der Waals surface area contributed by atoms with Crippen molar-refractivity contribution < 1.29 is 8.91 Å². The summed E-state index contributed by atoms with van der Waals surface area (Å²) in [5.41, 5.74) is 1.08. The highest BCUT2D eigenvalue weighted by Crippen LogP contribution is 2.44. The van der Waals surface area contributed by atoms with Crippen LogP contribution in [0.15, 0.2) is 28.8 Å². The molecule has 5 nitrogen and oxygen atoms in total. The molecular weight excluding hydrogens is 367 g/mol. The predicted molar refractivity (Wildman–Crippen MR) is 104 cm³/mol. The highest BCUT2D eigenvalue weighted by molar-refractivity contribution is 5.85. The van der Waals surface area contributed by atoms with Crippen molar-refractivity contribution in [3.05, 3.63) is 47.4 Å². The molecule has 0 radical (unpaired) electrons. The number of fused-ring (bicyclic) bond motifs is 1. The van der Waals surface area contributed by atoms with Crippen molar-refractivity contribution in [2.75, 3.05) is 26.7 Å². The third kappa shape index (κ3) is 4.33. The molecule has 2 fully saturated rings. The second-order valence-corrected chi connectivity index (χ2v) is 8.26. The molecule has 0 saturated carbocycles. The Labute approximate surface area is 166 Å². The van der Waals surface area contributed by atoms with E-state index in [-0.39, 0.29) is 24.3 Å². The number of hydrogen-bond donors (Lipinski definition) is 0. The number of hydrogen-bond acceptors (Lipinski definition) is 5. The zero-order valence-corrected chi connectivity index (χ0v) is 17.0. The molecule has 0 bridgehead atoms. The van der Waals surface area contributed by atoms with Crippen molar-refractivity contribution >= 4 is 12.4 Å². The molecule has 2 saturated heterocycles. The molecule has 0 amide bonds. The zero-order valence-electron chi connectivity index (χ0n) is 16.1. The van der Waals surface area contributed by atoms with Crippen molar-refractivity contribution in [1.82, 2.24) is 19.9 Å². The molecule has 3 atom stereocenters. The second-order valence-electron chi connectivity index (χ2n) is 8.26. The van der Waals surface area contributed by atoms with Crippen LogP contribution in [0.3, 0.4) is 0 Å². The molecule has 1 aromatic heterocycles. The van der Waals surface area contributed by atoms with Crippen LogP contribution in [0.2, 0.25) is 0 Å². The van der Waals surface area contributed by atoms with Gasteiger partial charge in [0.15, 0.2) is 5.82 Å². The van der Waals surface area contributed by atoms with Crippen LogP contribution >= 0.6 is 12.4 Å². The average molecular weight is 395 g/mol. The lowest BCUT2D eigenvalue weighted by molar-refractivity contribution is 0.220. The van der Waals surface area contributed by atoms with Crippen molar-refractivity contribution in [1.29, 1.82) is 0 Å². The average Bonchev–Trinajstić information content (AvgIpc) is 3.21. The van der Waals surface area contributed by atoms with Gasteiger partial charge in [0.1, 0.15) is 5.82 Å². The zero-order chi connectivity index (χ0) is 18.3. The Morgan fingerprint density at radius 3 is 2.81 bits per heavy atom. The van der Waals surface area contributed by atoms with Crippen molar-refractivity contribution in [3.8, 4) is 0 Å². The van der Waals surface area contributed by atoms with E-state index in [1.807, 2.05) is 12.1 Å². The summed E-state index contributed by atoms with van der Waals surface area (Å²) in [7, 11) is 2.15. The summed E-state index contributed by atoms with van der Waals surface area (Å²) in [6, 6.07) is 7.34. The Bertz CT molecular complexity index is 768. The Kier molecular flexibility index (Phi) is 6.18. The van der Waals surface area contributed by atoms with Gasteiger partial charge >= 0.3 is 0 Å². The third-order valence-corrected chi connectivity index (χ3v) is 5.62. The molecule has 2 aliphatic heterocycles. The van der Waals surface area contributed by atoms with Gasteiger partial charge < -0.3 is 4.52 Å². The van der Waals surface area contributed by atoms with E-state index >= 15 is 0 Å². The number of likely N-dealkylation sites (tertiary alicyclic amines) is 2. The summed E-state index contributed by atoms with van der Waals surface area (Å²) in [6.07, 6.45) is 0.824. The highest BCUT2D eigenvalue weighted by Gasteiger charge is 2.46. The van der Waals surface area contributed by atoms with Crippen LogP contribution in [0.5, 0.6) is 0 Å². The van der Waals surface area contributed by atoms with Crippen LogP contribution in [-0.2, 0) is 13.0 Å². The van der Waals surface area contributed by atoms with Crippen molar-refractivity contribution in [2.45, 2.75) is 32.9 Å². The Balaban J connectivity index is 0.00000210. The minimum absolute atomic E-state index is 0. The molecule has 0 unspecified atom stereocenters. The summed E-state index contributed by atoms with van der Waals surface area (Å²) >= 11 is 0.